The minimum Gasteiger partial charge on any atom is -0.311 e. The van der Waals surface area contributed by atoms with E-state index in [2.05, 4.69) is 10.3 Å². The number of hydrogen-bond acceptors (Lipinski definition) is 2. The Morgan fingerprint density at radius 3 is 2.93 bits per heavy atom. The number of nitrogens with zero attached hydrogens (tertiary/aromatic N) is 1. The molecule has 0 saturated carbocycles. The number of pyridine rings is 1. The Bertz CT molecular complexity index is 353. The van der Waals surface area contributed by atoms with Crippen LogP contribution < -0.4 is 5.32 Å². The van der Waals surface area contributed by atoms with Gasteiger partial charge in [-0.05, 0) is 30.9 Å². The van der Waals surface area contributed by atoms with Crippen LogP contribution in [0.5, 0.6) is 0 Å². The van der Waals surface area contributed by atoms with Gasteiger partial charge in [0.15, 0.2) is 0 Å². The maximum Gasteiger partial charge on any atom is 0.141 e. The molecule has 14 heavy (non-hydrogen) atoms. The highest BCUT2D eigenvalue weighted by molar-refractivity contribution is 5.22. The van der Waals surface area contributed by atoms with Crippen LogP contribution in [-0.2, 0) is 0 Å². The van der Waals surface area contributed by atoms with E-state index in [0.717, 1.165) is 12.0 Å². The standard InChI is InChI=1S/C11H13FN2/c12-8-3-7(5-13-6-8)10-4-9-1-2-11(10)14-9/h3,5-6,9-11,14H,1-2,4H2/t9-,10+,11+/m0/s1. The molecule has 0 spiro atoms. The lowest BCUT2D eigenvalue weighted by atomic mass is 9.85. The third-order valence-corrected chi connectivity index (χ3v) is 3.45. The van der Waals surface area contributed by atoms with Crippen molar-refractivity contribution in [3.8, 4) is 0 Å². The van der Waals surface area contributed by atoms with E-state index in [9.17, 15) is 4.39 Å². The average molecular weight is 192 g/mol. The summed E-state index contributed by atoms with van der Waals surface area (Å²) in [6.07, 6.45) is 6.73. The predicted molar refractivity (Wildman–Crippen MR) is 51.5 cm³/mol. The first kappa shape index (κ1) is 8.36. The van der Waals surface area contributed by atoms with E-state index >= 15 is 0 Å². The van der Waals surface area contributed by atoms with E-state index in [1.54, 1.807) is 12.3 Å². The summed E-state index contributed by atoms with van der Waals surface area (Å²) < 4.78 is 13.0. The molecule has 3 heterocycles. The molecule has 3 atom stereocenters. The quantitative estimate of drug-likeness (QED) is 0.734. The van der Waals surface area contributed by atoms with E-state index in [0.29, 0.717) is 18.0 Å². The number of fused-ring (bicyclic) bond motifs is 2. The van der Waals surface area contributed by atoms with Crippen molar-refractivity contribution in [2.75, 3.05) is 0 Å². The van der Waals surface area contributed by atoms with Gasteiger partial charge >= 0.3 is 0 Å². The van der Waals surface area contributed by atoms with Crippen molar-refractivity contribution in [2.45, 2.75) is 37.3 Å². The smallest absolute Gasteiger partial charge is 0.141 e. The molecule has 2 nitrogen and oxygen atoms in total. The van der Waals surface area contributed by atoms with Gasteiger partial charge in [0.25, 0.3) is 0 Å². The fourth-order valence-corrected chi connectivity index (χ4v) is 2.82. The van der Waals surface area contributed by atoms with Gasteiger partial charge in [-0.3, -0.25) is 4.98 Å². The van der Waals surface area contributed by atoms with Gasteiger partial charge in [-0.25, -0.2) is 4.39 Å². The number of aromatic nitrogens is 1. The van der Waals surface area contributed by atoms with Crippen molar-refractivity contribution in [3.05, 3.63) is 29.8 Å². The Labute approximate surface area is 82.5 Å². The summed E-state index contributed by atoms with van der Waals surface area (Å²) in [7, 11) is 0. The lowest BCUT2D eigenvalue weighted by Gasteiger charge is -2.19. The molecule has 0 unspecified atom stereocenters. The Balaban J connectivity index is 1.89. The first-order valence-corrected chi connectivity index (χ1v) is 5.19. The molecule has 2 aliphatic rings. The minimum atomic E-state index is -0.217. The molecule has 1 aromatic heterocycles. The van der Waals surface area contributed by atoms with Crippen molar-refractivity contribution >= 4 is 0 Å². The Hall–Kier alpha value is -0.960. The fraction of sp³-hybridized carbons (Fsp3) is 0.545. The minimum absolute atomic E-state index is 0.217. The molecule has 0 amide bonds. The van der Waals surface area contributed by atoms with Crippen LogP contribution in [0.2, 0.25) is 0 Å². The summed E-state index contributed by atoms with van der Waals surface area (Å²) in [5.74, 6) is 0.266. The fourth-order valence-electron chi connectivity index (χ4n) is 2.82. The molecular weight excluding hydrogens is 179 g/mol. The molecule has 3 heteroatoms. The first-order valence-electron chi connectivity index (χ1n) is 5.19. The van der Waals surface area contributed by atoms with Crippen LogP contribution in [0.3, 0.4) is 0 Å². The van der Waals surface area contributed by atoms with E-state index in [1.807, 2.05) is 0 Å². The molecule has 0 aromatic carbocycles. The molecule has 74 valence electrons. The lowest BCUT2D eigenvalue weighted by molar-refractivity contribution is 0.501. The van der Waals surface area contributed by atoms with Gasteiger partial charge in [0, 0.05) is 24.2 Å². The van der Waals surface area contributed by atoms with Crippen LogP contribution in [0.4, 0.5) is 4.39 Å². The molecule has 2 fully saturated rings. The number of halogens is 1. The zero-order valence-corrected chi connectivity index (χ0v) is 7.91. The van der Waals surface area contributed by atoms with Crippen molar-refractivity contribution in [3.63, 3.8) is 0 Å². The molecule has 0 radical (unpaired) electrons. The molecule has 2 bridgehead atoms. The molecule has 2 aliphatic heterocycles. The summed E-state index contributed by atoms with van der Waals surface area (Å²) in [4.78, 5) is 3.91. The second-order valence-corrected chi connectivity index (χ2v) is 4.33. The highest BCUT2D eigenvalue weighted by Gasteiger charge is 2.39. The third-order valence-electron chi connectivity index (χ3n) is 3.45. The largest absolute Gasteiger partial charge is 0.311 e. The molecule has 0 aliphatic carbocycles. The highest BCUT2D eigenvalue weighted by atomic mass is 19.1. The molecule has 1 N–H and O–H groups in total. The van der Waals surface area contributed by atoms with Crippen LogP contribution >= 0.6 is 0 Å². The van der Waals surface area contributed by atoms with Crippen molar-refractivity contribution in [1.29, 1.82) is 0 Å². The van der Waals surface area contributed by atoms with Crippen LogP contribution in [-0.4, -0.2) is 17.1 Å². The van der Waals surface area contributed by atoms with Crippen molar-refractivity contribution < 1.29 is 4.39 Å². The number of nitrogens with one attached hydrogen (secondary N) is 1. The van der Waals surface area contributed by atoms with Gasteiger partial charge in [-0.2, -0.15) is 0 Å². The predicted octanol–water partition coefficient (Wildman–Crippen LogP) is 1.83. The highest BCUT2D eigenvalue weighted by Crippen LogP contribution is 2.39. The van der Waals surface area contributed by atoms with Crippen LogP contribution in [0.25, 0.3) is 0 Å². The van der Waals surface area contributed by atoms with E-state index in [1.165, 1.54) is 19.0 Å². The summed E-state index contributed by atoms with van der Waals surface area (Å²) in [5.41, 5.74) is 1.06. The van der Waals surface area contributed by atoms with Gasteiger partial charge < -0.3 is 5.32 Å². The summed E-state index contributed by atoms with van der Waals surface area (Å²) >= 11 is 0. The van der Waals surface area contributed by atoms with Crippen molar-refractivity contribution in [1.82, 2.24) is 10.3 Å². The molecule has 1 aromatic rings. The Morgan fingerprint density at radius 2 is 2.29 bits per heavy atom. The second-order valence-electron chi connectivity index (χ2n) is 4.33. The summed E-state index contributed by atoms with van der Waals surface area (Å²) in [6, 6.07) is 2.84. The van der Waals surface area contributed by atoms with Gasteiger partial charge in [0.2, 0.25) is 0 Å². The van der Waals surface area contributed by atoms with Crippen LogP contribution in [0.15, 0.2) is 18.5 Å². The average Bonchev–Trinajstić information content (AvgIpc) is 2.78. The Kier molecular flexibility index (Phi) is 1.80. The van der Waals surface area contributed by atoms with E-state index in [-0.39, 0.29) is 5.82 Å². The van der Waals surface area contributed by atoms with E-state index < -0.39 is 0 Å². The van der Waals surface area contributed by atoms with Gasteiger partial charge in [-0.15, -0.1) is 0 Å². The molecule has 2 saturated heterocycles. The lowest BCUT2D eigenvalue weighted by Crippen LogP contribution is -2.21. The van der Waals surface area contributed by atoms with Gasteiger partial charge in [0.1, 0.15) is 5.82 Å². The zero-order valence-electron chi connectivity index (χ0n) is 7.91. The first-order chi connectivity index (χ1) is 6.83. The van der Waals surface area contributed by atoms with Gasteiger partial charge in [-0.1, -0.05) is 0 Å². The maximum absolute atomic E-state index is 13.0. The SMILES string of the molecule is Fc1cncc([C@H]2C[C@@H]3CC[C@H]2N3)c1. The van der Waals surface area contributed by atoms with E-state index in [4.69, 9.17) is 0 Å². The number of rotatable bonds is 1. The van der Waals surface area contributed by atoms with Crippen LogP contribution in [0.1, 0.15) is 30.7 Å². The molecule has 3 rings (SSSR count). The Morgan fingerprint density at radius 1 is 1.36 bits per heavy atom. The number of hydrogen-bond donors (Lipinski definition) is 1. The third kappa shape index (κ3) is 1.23. The maximum atomic E-state index is 13.0. The zero-order chi connectivity index (χ0) is 9.54. The monoisotopic (exact) mass is 192 g/mol. The van der Waals surface area contributed by atoms with Crippen LogP contribution in [0, 0.1) is 5.82 Å². The summed E-state index contributed by atoms with van der Waals surface area (Å²) in [5, 5.41) is 3.55. The topological polar surface area (TPSA) is 24.9 Å². The van der Waals surface area contributed by atoms with Gasteiger partial charge in [0.05, 0.1) is 6.20 Å². The van der Waals surface area contributed by atoms with Crippen molar-refractivity contribution in [2.24, 2.45) is 0 Å². The summed E-state index contributed by atoms with van der Waals surface area (Å²) in [6.45, 7) is 0. The normalized spacial score (nSPS) is 35.1. The second kappa shape index (κ2) is 3.02. The molecular formula is C11H13FN2.